The summed E-state index contributed by atoms with van der Waals surface area (Å²) in [7, 11) is 0. The summed E-state index contributed by atoms with van der Waals surface area (Å²) in [5.74, 6) is 0. The molecular formula is C10H12BrClO. The van der Waals surface area contributed by atoms with Gasteiger partial charge in [-0.05, 0) is 40.0 Å². The zero-order valence-corrected chi connectivity index (χ0v) is 9.77. The Morgan fingerprint density at radius 1 is 1.54 bits per heavy atom. The average molecular weight is 264 g/mol. The maximum atomic E-state index is 9.67. The van der Waals surface area contributed by atoms with E-state index in [2.05, 4.69) is 15.9 Å². The topological polar surface area (TPSA) is 20.2 Å². The Morgan fingerprint density at radius 3 is 2.77 bits per heavy atom. The molecule has 0 saturated heterocycles. The van der Waals surface area contributed by atoms with Crippen LogP contribution in [0.4, 0.5) is 0 Å². The Kier molecular flexibility index (Phi) is 4.23. The van der Waals surface area contributed by atoms with Gasteiger partial charge in [-0.25, -0.2) is 0 Å². The van der Waals surface area contributed by atoms with Crippen LogP contribution in [0.15, 0.2) is 22.7 Å². The third-order valence-electron chi connectivity index (χ3n) is 1.89. The first kappa shape index (κ1) is 11.0. The summed E-state index contributed by atoms with van der Waals surface area (Å²) in [4.78, 5) is 0. The Morgan fingerprint density at radius 2 is 2.23 bits per heavy atom. The lowest BCUT2D eigenvalue weighted by atomic mass is 10.1. The number of hydrogen-bond donors (Lipinski definition) is 1. The van der Waals surface area contributed by atoms with Crippen LogP contribution < -0.4 is 0 Å². The Bertz CT molecular complexity index is 288. The Hall–Kier alpha value is -0.0500. The maximum Gasteiger partial charge on any atom is 0.0790 e. The van der Waals surface area contributed by atoms with Crippen molar-refractivity contribution in [3.8, 4) is 0 Å². The number of hydrogen-bond acceptors (Lipinski definition) is 1. The van der Waals surface area contributed by atoms with Crippen molar-refractivity contribution in [1.82, 2.24) is 0 Å². The molecule has 1 aromatic carbocycles. The SMILES string of the molecule is CCC[C@@H](O)c1ccc(Cl)c(Br)c1. The number of rotatable bonds is 3. The quantitative estimate of drug-likeness (QED) is 0.876. The van der Waals surface area contributed by atoms with E-state index >= 15 is 0 Å². The molecule has 13 heavy (non-hydrogen) atoms. The number of benzene rings is 1. The fraction of sp³-hybridized carbons (Fsp3) is 0.400. The molecule has 0 radical (unpaired) electrons. The van der Waals surface area contributed by atoms with Gasteiger partial charge in [0.05, 0.1) is 11.1 Å². The standard InChI is InChI=1S/C10H12BrClO/c1-2-3-10(13)7-4-5-9(12)8(11)6-7/h4-6,10,13H,2-3H2,1H3/t10-/m1/s1. The van der Waals surface area contributed by atoms with E-state index < -0.39 is 0 Å². The molecule has 0 fully saturated rings. The van der Waals surface area contributed by atoms with Crippen LogP contribution in [-0.4, -0.2) is 5.11 Å². The van der Waals surface area contributed by atoms with Crippen LogP contribution in [0.5, 0.6) is 0 Å². The largest absolute Gasteiger partial charge is 0.388 e. The van der Waals surface area contributed by atoms with Crippen molar-refractivity contribution in [3.05, 3.63) is 33.3 Å². The summed E-state index contributed by atoms with van der Waals surface area (Å²) < 4.78 is 0.835. The summed E-state index contributed by atoms with van der Waals surface area (Å²) in [5.41, 5.74) is 0.915. The van der Waals surface area contributed by atoms with E-state index in [0.717, 1.165) is 22.9 Å². The predicted octanol–water partition coefficient (Wildman–Crippen LogP) is 3.94. The third kappa shape index (κ3) is 2.97. The van der Waals surface area contributed by atoms with Crippen molar-refractivity contribution in [1.29, 1.82) is 0 Å². The molecule has 1 nitrogen and oxygen atoms in total. The number of aliphatic hydroxyl groups is 1. The predicted molar refractivity (Wildman–Crippen MR) is 59.0 cm³/mol. The first-order valence-corrected chi connectivity index (χ1v) is 5.45. The lowest BCUT2D eigenvalue weighted by Gasteiger charge is -2.10. The van der Waals surface area contributed by atoms with Crippen LogP contribution in [0.25, 0.3) is 0 Å². The first-order chi connectivity index (χ1) is 6.15. The second-order valence-electron chi connectivity index (χ2n) is 2.98. The van der Waals surface area contributed by atoms with Crippen LogP contribution in [0.2, 0.25) is 5.02 Å². The minimum absolute atomic E-state index is 0.376. The molecule has 0 saturated carbocycles. The van der Waals surface area contributed by atoms with Gasteiger partial charge >= 0.3 is 0 Å². The zero-order valence-electron chi connectivity index (χ0n) is 7.43. The van der Waals surface area contributed by atoms with Crippen LogP contribution in [0.3, 0.4) is 0 Å². The molecule has 72 valence electrons. The van der Waals surface area contributed by atoms with Crippen LogP contribution in [0.1, 0.15) is 31.4 Å². The van der Waals surface area contributed by atoms with Crippen LogP contribution in [0, 0.1) is 0 Å². The fourth-order valence-electron chi connectivity index (χ4n) is 1.16. The van der Waals surface area contributed by atoms with Gasteiger partial charge in [0.2, 0.25) is 0 Å². The molecule has 1 rings (SSSR count). The van der Waals surface area contributed by atoms with Crippen molar-refractivity contribution in [2.24, 2.45) is 0 Å². The molecular weight excluding hydrogens is 251 g/mol. The second-order valence-corrected chi connectivity index (χ2v) is 4.24. The molecule has 1 N–H and O–H groups in total. The van der Waals surface area contributed by atoms with Crippen molar-refractivity contribution in [3.63, 3.8) is 0 Å². The highest BCUT2D eigenvalue weighted by Gasteiger charge is 2.07. The Labute approximate surface area is 91.9 Å². The van der Waals surface area contributed by atoms with Gasteiger partial charge in [0.1, 0.15) is 0 Å². The summed E-state index contributed by atoms with van der Waals surface area (Å²) in [5, 5.41) is 10.3. The van der Waals surface area contributed by atoms with E-state index in [0.29, 0.717) is 5.02 Å². The second kappa shape index (κ2) is 4.99. The smallest absolute Gasteiger partial charge is 0.0790 e. The molecule has 0 unspecified atom stereocenters. The molecule has 1 aromatic rings. The molecule has 0 aliphatic heterocycles. The van der Waals surface area contributed by atoms with Gasteiger partial charge in [0.15, 0.2) is 0 Å². The fourth-order valence-corrected chi connectivity index (χ4v) is 1.67. The van der Waals surface area contributed by atoms with Crippen molar-refractivity contribution >= 4 is 27.5 Å². The van der Waals surface area contributed by atoms with Gasteiger partial charge in [0, 0.05) is 4.47 Å². The molecule has 3 heteroatoms. The van der Waals surface area contributed by atoms with Gasteiger partial charge in [-0.2, -0.15) is 0 Å². The van der Waals surface area contributed by atoms with Crippen molar-refractivity contribution < 1.29 is 5.11 Å². The molecule has 0 spiro atoms. The van der Waals surface area contributed by atoms with E-state index in [-0.39, 0.29) is 6.10 Å². The third-order valence-corrected chi connectivity index (χ3v) is 3.10. The molecule has 0 heterocycles. The summed E-state index contributed by atoms with van der Waals surface area (Å²) >= 11 is 9.16. The van der Waals surface area contributed by atoms with E-state index in [1.54, 1.807) is 6.07 Å². The van der Waals surface area contributed by atoms with E-state index in [1.165, 1.54) is 0 Å². The minimum atomic E-state index is -0.376. The zero-order chi connectivity index (χ0) is 9.84. The number of aliphatic hydroxyl groups excluding tert-OH is 1. The van der Waals surface area contributed by atoms with Gasteiger partial charge in [-0.15, -0.1) is 0 Å². The van der Waals surface area contributed by atoms with Crippen LogP contribution >= 0.6 is 27.5 Å². The normalized spacial score (nSPS) is 12.9. The molecule has 1 atom stereocenters. The highest BCUT2D eigenvalue weighted by Crippen LogP contribution is 2.27. The minimum Gasteiger partial charge on any atom is -0.388 e. The van der Waals surface area contributed by atoms with Gasteiger partial charge in [-0.3, -0.25) is 0 Å². The summed E-state index contributed by atoms with van der Waals surface area (Å²) in [6, 6.07) is 5.51. The summed E-state index contributed by atoms with van der Waals surface area (Å²) in [6.07, 6.45) is 1.38. The lowest BCUT2D eigenvalue weighted by molar-refractivity contribution is 0.166. The highest BCUT2D eigenvalue weighted by atomic mass is 79.9. The molecule has 0 bridgehead atoms. The maximum absolute atomic E-state index is 9.67. The molecule has 0 amide bonds. The number of halogens is 2. The first-order valence-electron chi connectivity index (χ1n) is 4.28. The summed E-state index contributed by atoms with van der Waals surface area (Å²) in [6.45, 7) is 2.05. The average Bonchev–Trinajstić information content (AvgIpc) is 2.10. The van der Waals surface area contributed by atoms with Gasteiger partial charge in [-0.1, -0.05) is 31.0 Å². The highest BCUT2D eigenvalue weighted by molar-refractivity contribution is 9.10. The van der Waals surface area contributed by atoms with E-state index in [1.807, 2.05) is 19.1 Å². The van der Waals surface area contributed by atoms with E-state index in [4.69, 9.17) is 11.6 Å². The molecule has 0 aromatic heterocycles. The molecule has 0 aliphatic rings. The molecule has 0 aliphatic carbocycles. The van der Waals surface area contributed by atoms with Crippen molar-refractivity contribution in [2.45, 2.75) is 25.9 Å². The van der Waals surface area contributed by atoms with Crippen molar-refractivity contribution in [2.75, 3.05) is 0 Å². The van der Waals surface area contributed by atoms with Gasteiger partial charge in [0.25, 0.3) is 0 Å². The Balaban J connectivity index is 2.84. The lowest BCUT2D eigenvalue weighted by Crippen LogP contribution is -1.96. The monoisotopic (exact) mass is 262 g/mol. The van der Waals surface area contributed by atoms with Gasteiger partial charge < -0.3 is 5.11 Å². The van der Waals surface area contributed by atoms with E-state index in [9.17, 15) is 5.11 Å². The van der Waals surface area contributed by atoms with Crippen LogP contribution in [-0.2, 0) is 0 Å².